The Morgan fingerprint density at radius 1 is 1.00 bits per heavy atom. The summed E-state index contributed by atoms with van der Waals surface area (Å²) in [5, 5.41) is 0.602. The molecule has 3 nitrogen and oxygen atoms in total. The van der Waals surface area contributed by atoms with Crippen molar-refractivity contribution in [1.29, 1.82) is 0 Å². The first-order valence-electron chi connectivity index (χ1n) is 6.16. The van der Waals surface area contributed by atoms with Gasteiger partial charge in [-0.1, -0.05) is 52.3 Å². The standard InChI is InChI=1S/C16H11BrN2O/c17-13-7-3-1-5-11(13)9-10-15-18-14-8-4-2-6-12(14)16(20)19-15/h1-10H,(H,18,19,20)/b10-9+. The number of nitrogens with zero attached hydrogens (tertiary/aromatic N) is 1. The average molecular weight is 327 g/mol. The molecule has 1 aromatic heterocycles. The third kappa shape index (κ3) is 2.56. The minimum Gasteiger partial charge on any atom is -0.306 e. The van der Waals surface area contributed by atoms with Gasteiger partial charge >= 0.3 is 0 Å². The van der Waals surface area contributed by atoms with Crippen LogP contribution < -0.4 is 5.56 Å². The summed E-state index contributed by atoms with van der Waals surface area (Å²) in [5.41, 5.74) is 1.61. The molecule has 0 amide bonds. The van der Waals surface area contributed by atoms with Crippen molar-refractivity contribution in [3.8, 4) is 0 Å². The average Bonchev–Trinajstić information content (AvgIpc) is 2.46. The largest absolute Gasteiger partial charge is 0.306 e. The quantitative estimate of drug-likeness (QED) is 0.777. The Hall–Kier alpha value is -2.20. The number of rotatable bonds is 2. The highest BCUT2D eigenvalue weighted by Gasteiger charge is 2.00. The van der Waals surface area contributed by atoms with E-state index in [2.05, 4.69) is 25.9 Å². The van der Waals surface area contributed by atoms with Crippen molar-refractivity contribution < 1.29 is 0 Å². The van der Waals surface area contributed by atoms with Crippen LogP contribution in [0.4, 0.5) is 0 Å². The van der Waals surface area contributed by atoms with Gasteiger partial charge in [0, 0.05) is 4.47 Å². The first kappa shape index (κ1) is 12.8. The highest BCUT2D eigenvalue weighted by Crippen LogP contribution is 2.18. The monoisotopic (exact) mass is 326 g/mol. The van der Waals surface area contributed by atoms with Gasteiger partial charge in [0.05, 0.1) is 10.9 Å². The zero-order valence-electron chi connectivity index (χ0n) is 10.5. The Balaban J connectivity index is 2.04. The van der Waals surface area contributed by atoms with E-state index in [-0.39, 0.29) is 5.56 Å². The van der Waals surface area contributed by atoms with Gasteiger partial charge in [0.25, 0.3) is 5.56 Å². The van der Waals surface area contributed by atoms with Gasteiger partial charge in [0.2, 0.25) is 0 Å². The molecule has 0 aliphatic carbocycles. The van der Waals surface area contributed by atoms with Crippen molar-refractivity contribution in [1.82, 2.24) is 9.97 Å². The van der Waals surface area contributed by atoms with Crippen LogP contribution in [0, 0.1) is 0 Å². The fraction of sp³-hybridized carbons (Fsp3) is 0. The molecule has 0 saturated carbocycles. The number of hydrogen-bond acceptors (Lipinski definition) is 2. The highest BCUT2D eigenvalue weighted by atomic mass is 79.9. The summed E-state index contributed by atoms with van der Waals surface area (Å²) in [7, 11) is 0. The SMILES string of the molecule is O=c1[nH]c(/C=C/c2ccccc2Br)nc2ccccc12. The number of halogens is 1. The fourth-order valence-corrected chi connectivity index (χ4v) is 2.38. The maximum absolute atomic E-state index is 11.9. The maximum atomic E-state index is 11.9. The molecule has 0 spiro atoms. The molecule has 0 radical (unpaired) electrons. The summed E-state index contributed by atoms with van der Waals surface area (Å²) < 4.78 is 0.999. The van der Waals surface area contributed by atoms with Crippen molar-refractivity contribution in [3.63, 3.8) is 0 Å². The molecule has 3 aromatic rings. The molecular formula is C16H11BrN2O. The van der Waals surface area contributed by atoms with Crippen LogP contribution in [0.3, 0.4) is 0 Å². The van der Waals surface area contributed by atoms with Crippen LogP contribution in [0.25, 0.3) is 23.1 Å². The number of nitrogens with one attached hydrogen (secondary N) is 1. The Kier molecular flexibility index (Phi) is 3.48. The molecule has 4 heteroatoms. The lowest BCUT2D eigenvalue weighted by Crippen LogP contribution is -2.09. The van der Waals surface area contributed by atoms with Crippen LogP contribution in [0.2, 0.25) is 0 Å². The zero-order valence-corrected chi connectivity index (χ0v) is 12.1. The number of H-pyrrole nitrogens is 1. The molecule has 0 saturated heterocycles. The summed E-state index contributed by atoms with van der Waals surface area (Å²) in [5.74, 6) is 0.546. The smallest absolute Gasteiger partial charge is 0.259 e. The zero-order chi connectivity index (χ0) is 13.9. The summed E-state index contributed by atoms with van der Waals surface area (Å²) >= 11 is 3.48. The molecule has 0 aliphatic heterocycles. The van der Waals surface area contributed by atoms with Gasteiger partial charge in [-0.3, -0.25) is 4.79 Å². The Morgan fingerprint density at radius 3 is 2.60 bits per heavy atom. The molecule has 0 aliphatic rings. The van der Waals surface area contributed by atoms with E-state index in [1.807, 2.05) is 48.5 Å². The van der Waals surface area contributed by atoms with E-state index in [1.165, 1.54) is 0 Å². The third-order valence-corrected chi connectivity index (χ3v) is 3.68. The molecule has 98 valence electrons. The lowest BCUT2D eigenvalue weighted by Gasteiger charge is -1.99. The summed E-state index contributed by atoms with van der Waals surface area (Å²) in [6, 6.07) is 15.2. The molecule has 0 bridgehead atoms. The molecule has 0 unspecified atom stereocenters. The summed E-state index contributed by atoms with van der Waals surface area (Å²) in [6.45, 7) is 0. The van der Waals surface area contributed by atoms with Crippen LogP contribution in [0.15, 0.2) is 57.8 Å². The van der Waals surface area contributed by atoms with E-state index >= 15 is 0 Å². The van der Waals surface area contributed by atoms with Crippen LogP contribution in [0.5, 0.6) is 0 Å². The van der Waals surface area contributed by atoms with Crippen molar-refractivity contribution in [2.24, 2.45) is 0 Å². The van der Waals surface area contributed by atoms with Crippen molar-refractivity contribution in [2.75, 3.05) is 0 Å². The molecule has 3 rings (SSSR count). The van der Waals surface area contributed by atoms with E-state index in [4.69, 9.17) is 0 Å². The number of fused-ring (bicyclic) bond motifs is 1. The molecule has 0 atom stereocenters. The second-order valence-corrected chi connectivity index (χ2v) is 5.18. The van der Waals surface area contributed by atoms with Gasteiger partial charge in [0.1, 0.15) is 5.82 Å². The fourth-order valence-electron chi connectivity index (χ4n) is 1.96. The number of benzene rings is 2. The predicted octanol–water partition coefficient (Wildman–Crippen LogP) is 3.86. The second-order valence-electron chi connectivity index (χ2n) is 4.32. The molecule has 2 aromatic carbocycles. The first-order chi connectivity index (χ1) is 9.74. The van der Waals surface area contributed by atoms with Gasteiger partial charge in [-0.05, 0) is 29.8 Å². The third-order valence-electron chi connectivity index (χ3n) is 2.96. The lowest BCUT2D eigenvalue weighted by atomic mass is 10.2. The van der Waals surface area contributed by atoms with Gasteiger partial charge < -0.3 is 4.98 Å². The van der Waals surface area contributed by atoms with Crippen molar-refractivity contribution in [3.05, 3.63) is 74.7 Å². The molecule has 0 fully saturated rings. The number of aromatic amines is 1. The topological polar surface area (TPSA) is 45.8 Å². The first-order valence-corrected chi connectivity index (χ1v) is 6.95. The van der Waals surface area contributed by atoms with Crippen LogP contribution in [0.1, 0.15) is 11.4 Å². The number of hydrogen-bond donors (Lipinski definition) is 1. The molecule has 20 heavy (non-hydrogen) atoms. The van der Waals surface area contributed by atoms with E-state index in [0.29, 0.717) is 16.7 Å². The van der Waals surface area contributed by atoms with E-state index in [9.17, 15) is 4.79 Å². The van der Waals surface area contributed by atoms with Crippen molar-refractivity contribution >= 4 is 39.0 Å². The van der Waals surface area contributed by atoms with Crippen molar-refractivity contribution in [2.45, 2.75) is 0 Å². The van der Waals surface area contributed by atoms with E-state index in [0.717, 1.165) is 10.0 Å². The molecule has 1 heterocycles. The molecule has 1 N–H and O–H groups in total. The summed E-state index contributed by atoms with van der Waals surface area (Å²) in [4.78, 5) is 19.1. The predicted molar refractivity (Wildman–Crippen MR) is 85.4 cm³/mol. The maximum Gasteiger partial charge on any atom is 0.259 e. The number of para-hydroxylation sites is 1. The lowest BCUT2D eigenvalue weighted by molar-refractivity contribution is 1.14. The van der Waals surface area contributed by atoms with Gasteiger partial charge in [-0.25, -0.2) is 4.98 Å². The minimum atomic E-state index is -0.123. The number of aromatic nitrogens is 2. The van der Waals surface area contributed by atoms with Gasteiger partial charge in [-0.2, -0.15) is 0 Å². The van der Waals surface area contributed by atoms with Crippen LogP contribution in [-0.4, -0.2) is 9.97 Å². The van der Waals surface area contributed by atoms with Crippen LogP contribution in [-0.2, 0) is 0 Å². The Labute approximate surface area is 124 Å². The van der Waals surface area contributed by atoms with E-state index in [1.54, 1.807) is 12.1 Å². The summed E-state index contributed by atoms with van der Waals surface area (Å²) in [6.07, 6.45) is 3.71. The Morgan fingerprint density at radius 2 is 1.75 bits per heavy atom. The highest BCUT2D eigenvalue weighted by molar-refractivity contribution is 9.10. The molecular weight excluding hydrogens is 316 g/mol. The normalized spacial score (nSPS) is 11.2. The van der Waals surface area contributed by atoms with Crippen LogP contribution >= 0.6 is 15.9 Å². The van der Waals surface area contributed by atoms with Gasteiger partial charge in [0.15, 0.2) is 0 Å². The second kappa shape index (κ2) is 5.43. The van der Waals surface area contributed by atoms with Gasteiger partial charge in [-0.15, -0.1) is 0 Å². The minimum absolute atomic E-state index is 0.123. The van der Waals surface area contributed by atoms with E-state index < -0.39 is 0 Å². The Bertz CT molecular complexity index is 852.